The summed E-state index contributed by atoms with van der Waals surface area (Å²) in [6.07, 6.45) is 1.83. The Morgan fingerprint density at radius 3 is 2.52 bits per heavy atom. The second-order valence-corrected chi connectivity index (χ2v) is 6.92. The molecule has 5 heteroatoms. The maximum absolute atomic E-state index is 13.0. The summed E-state index contributed by atoms with van der Waals surface area (Å²) in [5.74, 6) is 0.239. The van der Waals surface area contributed by atoms with Gasteiger partial charge in [0.15, 0.2) is 0 Å². The summed E-state index contributed by atoms with van der Waals surface area (Å²) in [4.78, 5) is 27.5. The normalized spacial score (nSPS) is 12.8. The Kier molecular flexibility index (Phi) is 5.29. The summed E-state index contributed by atoms with van der Waals surface area (Å²) in [6.45, 7) is 0.657. The van der Waals surface area contributed by atoms with Gasteiger partial charge in [0.25, 0.3) is 11.8 Å². The smallest absolute Gasteiger partial charge is 0.259 e. The summed E-state index contributed by atoms with van der Waals surface area (Å²) in [6, 6.07) is 22.1. The molecular formula is C24H22N2O3. The molecule has 0 fully saturated rings. The fourth-order valence-corrected chi connectivity index (χ4v) is 3.63. The van der Waals surface area contributed by atoms with Crippen molar-refractivity contribution in [2.45, 2.75) is 12.8 Å². The van der Waals surface area contributed by atoms with E-state index < -0.39 is 0 Å². The van der Waals surface area contributed by atoms with Gasteiger partial charge >= 0.3 is 0 Å². The van der Waals surface area contributed by atoms with E-state index in [9.17, 15) is 9.59 Å². The van der Waals surface area contributed by atoms with E-state index >= 15 is 0 Å². The number of carbonyl (C=O) groups excluding carboxylic acids is 2. The number of fused-ring (bicyclic) bond motifs is 1. The fourth-order valence-electron chi connectivity index (χ4n) is 3.63. The zero-order valence-corrected chi connectivity index (χ0v) is 16.2. The Bertz CT molecular complexity index is 1050. The number of rotatable bonds is 4. The molecular weight excluding hydrogens is 364 g/mol. The fraction of sp³-hybridized carbons (Fsp3) is 0.167. The SMILES string of the molecule is COc1ccccc1C(=O)Nc1ccc2c(c1)N(C(=O)c1ccccc1)CCC2. The van der Waals surface area contributed by atoms with Crippen molar-refractivity contribution < 1.29 is 14.3 Å². The van der Waals surface area contributed by atoms with E-state index in [1.165, 1.54) is 7.11 Å². The van der Waals surface area contributed by atoms with Crippen LogP contribution in [-0.4, -0.2) is 25.5 Å². The van der Waals surface area contributed by atoms with Gasteiger partial charge in [-0.05, 0) is 54.8 Å². The van der Waals surface area contributed by atoms with Crippen molar-refractivity contribution in [3.8, 4) is 5.75 Å². The molecule has 3 aromatic carbocycles. The molecule has 3 aromatic rings. The van der Waals surface area contributed by atoms with Crippen LogP contribution in [0.1, 0.15) is 32.7 Å². The molecule has 0 unspecified atom stereocenters. The number of para-hydroxylation sites is 1. The van der Waals surface area contributed by atoms with E-state index in [2.05, 4.69) is 5.32 Å². The average molecular weight is 386 g/mol. The molecule has 5 nitrogen and oxygen atoms in total. The summed E-state index contributed by atoms with van der Waals surface area (Å²) >= 11 is 0. The lowest BCUT2D eigenvalue weighted by atomic mass is 10.00. The minimum absolute atomic E-state index is 0.0280. The Hall–Kier alpha value is -3.60. The molecule has 2 amide bonds. The number of benzene rings is 3. The van der Waals surface area contributed by atoms with Gasteiger partial charge in [0.2, 0.25) is 0 Å². The highest BCUT2D eigenvalue weighted by Crippen LogP contribution is 2.31. The van der Waals surface area contributed by atoms with Crippen molar-refractivity contribution in [1.29, 1.82) is 0 Å². The topological polar surface area (TPSA) is 58.6 Å². The Labute approximate surface area is 169 Å². The van der Waals surface area contributed by atoms with Gasteiger partial charge in [-0.2, -0.15) is 0 Å². The second-order valence-electron chi connectivity index (χ2n) is 6.92. The van der Waals surface area contributed by atoms with E-state index in [1.54, 1.807) is 23.1 Å². The van der Waals surface area contributed by atoms with Gasteiger partial charge in [-0.15, -0.1) is 0 Å². The molecule has 0 saturated heterocycles. The van der Waals surface area contributed by atoms with Crippen LogP contribution >= 0.6 is 0 Å². The molecule has 0 saturated carbocycles. The lowest BCUT2D eigenvalue weighted by Gasteiger charge is -2.30. The first-order valence-electron chi connectivity index (χ1n) is 9.61. The maximum Gasteiger partial charge on any atom is 0.259 e. The molecule has 146 valence electrons. The monoisotopic (exact) mass is 386 g/mol. The van der Waals surface area contributed by atoms with Gasteiger partial charge < -0.3 is 15.0 Å². The number of anilines is 2. The van der Waals surface area contributed by atoms with E-state index in [0.717, 1.165) is 24.1 Å². The lowest BCUT2D eigenvalue weighted by molar-refractivity contribution is 0.0984. The molecule has 1 aliphatic rings. The third-order valence-corrected chi connectivity index (χ3v) is 5.08. The number of nitrogens with one attached hydrogen (secondary N) is 1. The van der Waals surface area contributed by atoms with Gasteiger partial charge in [0.1, 0.15) is 5.75 Å². The van der Waals surface area contributed by atoms with E-state index in [-0.39, 0.29) is 11.8 Å². The number of ether oxygens (including phenoxy) is 1. The molecule has 0 spiro atoms. The number of carbonyl (C=O) groups is 2. The Morgan fingerprint density at radius 2 is 1.72 bits per heavy atom. The number of hydrogen-bond donors (Lipinski definition) is 1. The van der Waals surface area contributed by atoms with Crippen LogP contribution in [0.25, 0.3) is 0 Å². The molecule has 1 N–H and O–H groups in total. The quantitative estimate of drug-likeness (QED) is 0.716. The minimum atomic E-state index is -0.251. The minimum Gasteiger partial charge on any atom is -0.496 e. The van der Waals surface area contributed by atoms with Crippen molar-refractivity contribution in [3.63, 3.8) is 0 Å². The van der Waals surface area contributed by atoms with E-state index in [0.29, 0.717) is 29.1 Å². The van der Waals surface area contributed by atoms with Crippen LogP contribution in [0.15, 0.2) is 72.8 Å². The van der Waals surface area contributed by atoms with Gasteiger partial charge in [-0.3, -0.25) is 9.59 Å². The highest BCUT2D eigenvalue weighted by molar-refractivity contribution is 6.08. The van der Waals surface area contributed by atoms with Crippen molar-refractivity contribution >= 4 is 23.2 Å². The third kappa shape index (κ3) is 3.85. The second kappa shape index (κ2) is 8.19. The van der Waals surface area contributed by atoms with Crippen LogP contribution in [0.2, 0.25) is 0 Å². The first-order chi connectivity index (χ1) is 14.2. The zero-order valence-electron chi connectivity index (χ0n) is 16.2. The molecule has 0 atom stereocenters. The van der Waals surface area contributed by atoms with Crippen LogP contribution in [0.5, 0.6) is 5.75 Å². The Morgan fingerprint density at radius 1 is 0.966 bits per heavy atom. The lowest BCUT2D eigenvalue weighted by Crippen LogP contribution is -2.35. The summed E-state index contributed by atoms with van der Waals surface area (Å²) in [7, 11) is 1.54. The molecule has 1 heterocycles. The van der Waals surface area contributed by atoms with Crippen LogP contribution in [0, 0.1) is 0 Å². The van der Waals surface area contributed by atoms with Gasteiger partial charge in [0.05, 0.1) is 12.7 Å². The first kappa shape index (κ1) is 18.7. The summed E-state index contributed by atoms with van der Waals surface area (Å²) < 4.78 is 5.28. The molecule has 4 rings (SSSR count). The molecule has 29 heavy (non-hydrogen) atoms. The largest absolute Gasteiger partial charge is 0.496 e. The van der Waals surface area contributed by atoms with Crippen molar-refractivity contribution in [1.82, 2.24) is 0 Å². The maximum atomic E-state index is 13.0. The summed E-state index contributed by atoms with van der Waals surface area (Å²) in [5, 5.41) is 2.93. The molecule has 1 aliphatic heterocycles. The summed E-state index contributed by atoms with van der Waals surface area (Å²) in [5.41, 5.74) is 3.72. The van der Waals surface area contributed by atoms with E-state index in [4.69, 9.17) is 4.74 Å². The van der Waals surface area contributed by atoms with Crippen molar-refractivity contribution in [2.24, 2.45) is 0 Å². The van der Waals surface area contributed by atoms with Crippen molar-refractivity contribution in [2.75, 3.05) is 23.9 Å². The van der Waals surface area contributed by atoms with Crippen LogP contribution in [0.3, 0.4) is 0 Å². The van der Waals surface area contributed by atoms with Crippen LogP contribution in [0.4, 0.5) is 11.4 Å². The van der Waals surface area contributed by atoms with Gasteiger partial charge in [0, 0.05) is 23.5 Å². The van der Waals surface area contributed by atoms with Gasteiger partial charge in [-0.25, -0.2) is 0 Å². The molecule has 0 aliphatic carbocycles. The number of methoxy groups -OCH3 is 1. The predicted octanol–water partition coefficient (Wildman–Crippen LogP) is 4.54. The third-order valence-electron chi connectivity index (χ3n) is 5.08. The van der Waals surface area contributed by atoms with Crippen molar-refractivity contribution in [3.05, 3.63) is 89.5 Å². The number of aryl methyl sites for hydroxylation is 1. The number of nitrogens with zero attached hydrogens (tertiary/aromatic N) is 1. The number of amides is 2. The highest BCUT2D eigenvalue weighted by atomic mass is 16.5. The molecule has 0 radical (unpaired) electrons. The van der Waals surface area contributed by atoms with Crippen LogP contribution in [-0.2, 0) is 6.42 Å². The average Bonchev–Trinajstić information content (AvgIpc) is 2.78. The zero-order chi connectivity index (χ0) is 20.2. The first-order valence-corrected chi connectivity index (χ1v) is 9.61. The van der Waals surface area contributed by atoms with Crippen LogP contribution < -0.4 is 15.0 Å². The van der Waals surface area contributed by atoms with E-state index in [1.807, 2.05) is 54.6 Å². The van der Waals surface area contributed by atoms with Gasteiger partial charge in [-0.1, -0.05) is 36.4 Å². The predicted molar refractivity (Wildman–Crippen MR) is 114 cm³/mol. The molecule has 0 bridgehead atoms. The highest BCUT2D eigenvalue weighted by Gasteiger charge is 2.24. The Balaban J connectivity index is 1.62. The number of hydrogen-bond acceptors (Lipinski definition) is 3. The molecule has 0 aromatic heterocycles. The standard InChI is InChI=1S/C24H22N2O3/c1-29-22-12-6-5-11-20(22)23(27)25-19-14-13-17-10-7-15-26(21(17)16-19)24(28)18-8-3-2-4-9-18/h2-6,8-9,11-14,16H,7,10,15H2,1H3,(H,25,27).